The number of amidine groups is 1. The third-order valence-electron chi connectivity index (χ3n) is 4.31. The number of hydrogen-bond acceptors (Lipinski definition) is 2. The van der Waals surface area contributed by atoms with Crippen molar-refractivity contribution < 1.29 is 4.79 Å². The van der Waals surface area contributed by atoms with Crippen LogP contribution >= 0.6 is 50.7 Å². The predicted molar refractivity (Wildman–Crippen MR) is 124 cm³/mol. The highest BCUT2D eigenvalue weighted by Gasteiger charge is 2.33. The fourth-order valence-electron chi connectivity index (χ4n) is 2.94. The van der Waals surface area contributed by atoms with Gasteiger partial charge in [0.2, 0.25) is 0 Å². The van der Waals surface area contributed by atoms with E-state index in [9.17, 15) is 4.79 Å². The molecule has 0 fully saturated rings. The topological polar surface area (TPSA) is 32.7 Å². The van der Waals surface area contributed by atoms with Crippen LogP contribution in [-0.2, 0) is 4.79 Å². The molecule has 29 heavy (non-hydrogen) atoms. The van der Waals surface area contributed by atoms with E-state index in [0.717, 1.165) is 4.47 Å². The van der Waals surface area contributed by atoms with E-state index >= 15 is 0 Å². The molecule has 1 aliphatic rings. The van der Waals surface area contributed by atoms with Gasteiger partial charge in [-0.1, -0.05) is 68.9 Å². The van der Waals surface area contributed by atoms with E-state index in [-0.39, 0.29) is 11.6 Å². The second-order valence-electron chi connectivity index (χ2n) is 6.23. The third-order valence-corrected chi connectivity index (χ3v) is 5.74. The molecule has 0 saturated heterocycles. The molecular weight excluding hydrogens is 495 g/mol. The van der Waals surface area contributed by atoms with Crippen LogP contribution in [0.1, 0.15) is 11.1 Å². The van der Waals surface area contributed by atoms with Gasteiger partial charge in [-0.05, 0) is 60.2 Å². The summed E-state index contributed by atoms with van der Waals surface area (Å²) in [6.45, 7) is 0. The van der Waals surface area contributed by atoms with Crippen LogP contribution in [0.3, 0.4) is 0 Å². The number of aliphatic imine (C=N–C) groups is 1. The maximum absolute atomic E-state index is 13.3. The number of nitrogens with zero attached hydrogens (tertiary/aromatic N) is 2. The lowest BCUT2D eigenvalue weighted by Crippen LogP contribution is -2.32. The summed E-state index contributed by atoms with van der Waals surface area (Å²) in [6, 6.07) is 19.8. The summed E-state index contributed by atoms with van der Waals surface area (Å²) >= 11 is 22.1. The van der Waals surface area contributed by atoms with Gasteiger partial charge in [0, 0.05) is 20.1 Å². The Labute approximate surface area is 191 Å². The predicted octanol–water partition coefficient (Wildman–Crippen LogP) is 7.24. The number of hydrogen-bond donors (Lipinski definition) is 0. The van der Waals surface area contributed by atoms with Crippen molar-refractivity contribution in [2.24, 2.45) is 4.99 Å². The number of amides is 1. The molecule has 3 aromatic rings. The molecule has 7 heteroatoms. The van der Waals surface area contributed by atoms with Crippen molar-refractivity contribution in [3.63, 3.8) is 0 Å². The van der Waals surface area contributed by atoms with Crippen LogP contribution in [0.25, 0.3) is 6.08 Å². The Balaban J connectivity index is 1.86. The second-order valence-corrected chi connectivity index (χ2v) is 8.39. The van der Waals surface area contributed by atoms with Gasteiger partial charge in [0.25, 0.3) is 5.91 Å². The molecule has 144 valence electrons. The lowest BCUT2D eigenvalue weighted by atomic mass is 10.1. The molecule has 0 unspecified atom stereocenters. The van der Waals surface area contributed by atoms with Crippen LogP contribution < -0.4 is 4.90 Å². The number of carbonyl (C=O) groups excluding carboxylic acids is 1. The first kappa shape index (κ1) is 20.2. The summed E-state index contributed by atoms with van der Waals surface area (Å²) in [5.74, 6) is 0.188. The van der Waals surface area contributed by atoms with Crippen molar-refractivity contribution in [1.82, 2.24) is 0 Å². The number of carbonyl (C=O) groups is 1. The van der Waals surface area contributed by atoms with Gasteiger partial charge in [0.05, 0.1) is 10.7 Å². The van der Waals surface area contributed by atoms with E-state index < -0.39 is 0 Å². The standard InChI is InChI=1S/C22H12BrCl3N2O/c23-14-6-9-16(10-7-14)28-21(17-3-1-2-4-18(17)25)27-20(22(28)29)11-13-5-8-15(24)12-19(13)26/h1-12H/b20-11+. The van der Waals surface area contributed by atoms with E-state index in [0.29, 0.717) is 37.7 Å². The first-order chi connectivity index (χ1) is 13.9. The first-order valence-electron chi connectivity index (χ1n) is 8.54. The summed E-state index contributed by atoms with van der Waals surface area (Å²) in [6.07, 6.45) is 1.65. The van der Waals surface area contributed by atoms with E-state index in [2.05, 4.69) is 20.9 Å². The molecular formula is C22H12BrCl3N2O. The van der Waals surface area contributed by atoms with Crippen LogP contribution in [0.2, 0.25) is 15.1 Å². The summed E-state index contributed by atoms with van der Waals surface area (Å²) in [5.41, 5.74) is 2.25. The molecule has 1 amide bonds. The monoisotopic (exact) mass is 504 g/mol. The molecule has 0 atom stereocenters. The number of halogens is 4. The second kappa shape index (κ2) is 8.33. The van der Waals surface area contributed by atoms with Crippen LogP contribution in [0, 0.1) is 0 Å². The molecule has 0 spiro atoms. The molecule has 0 saturated carbocycles. The summed E-state index contributed by atoms with van der Waals surface area (Å²) in [7, 11) is 0. The molecule has 1 heterocycles. The van der Waals surface area contributed by atoms with Crippen molar-refractivity contribution in [1.29, 1.82) is 0 Å². The Hall–Kier alpha value is -2.11. The third kappa shape index (κ3) is 4.12. The highest BCUT2D eigenvalue weighted by Crippen LogP contribution is 2.32. The van der Waals surface area contributed by atoms with E-state index in [1.54, 1.807) is 35.2 Å². The molecule has 0 aliphatic carbocycles. The number of anilines is 1. The van der Waals surface area contributed by atoms with Crippen molar-refractivity contribution in [2.45, 2.75) is 0 Å². The number of rotatable bonds is 3. The average molecular weight is 507 g/mol. The smallest absolute Gasteiger partial charge is 0.266 e. The van der Waals surface area contributed by atoms with Gasteiger partial charge in [-0.25, -0.2) is 4.99 Å². The Morgan fingerprint density at radius 3 is 2.31 bits per heavy atom. The Bertz CT molecular complexity index is 1170. The fraction of sp³-hybridized carbons (Fsp3) is 0. The number of benzene rings is 3. The van der Waals surface area contributed by atoms with Crippen LogP contribution in [-0.4, -0.2) is 11.7 Å². The van der Waals surface area contributed by atoms with Gasteiger partial charge >= 0.3 is 0 Å². The van der Waals surface area contributed by atoms with E-state index in [4.69, 9.17) is 34.8 Å². The normalized spacial score (nSPS) is 15.2. The molecule has 0 N–H and O–H groups in total. The minimum Gasteiger partial charge on any atom is -0.266 e. The Morgan fingerprint density at radius 2 is 1.62 bits per heavy atom. The minimum atomic E-state index is -0.270. The molecule has 1 aliphatic heterocycles. The van der Waals surface area contributed by atoms with Crippen molar-refractivity contribution in [3.8, 4) is 0 Å². The van der Waals surface area contributed by atoms with Crippen LogP contribution in [0.4, 0.5) is 5.69 Å². The van der Waals surface area contributed by atoms with Gasteiger partial charge in [0.1, 0.15) is 11.5 Å². The highest BCUT2D eigenvalue weighted by atomic mass is 79.9. The van der Waals surface area contributed by atoms with Crippen molar-refractivity contribution in [3.05, 3.63) is 103 Å². The van der Waals surface area contributed by atoms with Crippen molar-refractivity contribution in [2.75, 3.05) is 4.90 Å². The van der Waals surface area contributed by atoms with Crippen LogP contribution in [0.15, 0.2) is 81.9 Å². The van der Waals surface area contributed by atoms with Gasteiger partial charge < -0.3 is 0 Å². The first-order valence-corrected chi connectivity index (χ1v) is 10.5. The quantitative estimate of drug-likeness (QED) is 0.345. The maximum atomic E-state index is 13.3. The molecule has 4 rings (SSSR count). The molecule has 3 aromatic carbocycles. The Kier molecular flexibility index (Phi) is 5.79. The van der Waals surface area contributed by atoms with Gasteiger partial charge in [-0.15, -0.1) is 0 Å². The van der Waals surface area contributed by atoms with E-state index in [1.807, 2.05) is 42.5 Å². The summed E-state index contributed by atoms with van der Waals surface area (Å²) in [4.78, 5) is 19.4. The maximum Gasteiger partial charge on any atom is 0.282 e. The zero-order chi connectivity index (χ0) is 20.5. The molecule has 0 aromatic heterocycles. The molecule has 3 nitrogen and oxygen atoms in total. The highest BCUT2D eigenvalue weighted by molar-refractivity contribution is 9.10. The lowest BCUT2D eigenvalue weighted by molar-refractivity contribution is -0.113. The van der Waals surface area contributed by atoms with E-state index in [1.165, 1.54) is 0 Å². The van der Waals surface area contributed by atoms with Gasteiger partial charge in [-0.2, -0.15) is 0 Å². The average Bonchev–Trinajstić information content (AvgIpc) is 3.01. The van der Waals surface area contributed by atoms with Crippen molar-refractivity contribution >= 4 is 74.2 Å². The van der Waals surface area contributed by atoms with Gasteiger partial charge in [0.15, 0.2) is 0 Å². The Morgan fingerprint density at radius 1 is 0.897 bits per heavy atom. The summed E-state index contributed by atoms with van der Waals surface area (Å²) in [5, 5.41) is 1.47. The largest absolute Gasteiger partial charge is 0.282 e. The van der Waals surface area contributed by atoms with Crippen LogP contribution in [0.5, 0.6) is 0 Å². The SMILES string of the molecule is O=C1/C(=C\c2ccc(Cl)cc2Cl)N=C(c2ccccc2Cl)N1c1ccc(Br)cc1. The fourth-order valence-corrected chi connectivity index (χ4v) is 3.88. The summed E-state index contributed by atoms with van der Waals surface area (Å²) < 4.78 is 0.910. The minimum absolute atomic E-state index is 0.257. The molecule has 0 radical (unpaired) electrons. The lowest BCUT2D eigenvalue weighted by Gasteiger charge is -2.19. The van der Waals surface area contributed by atoms with Gasteiger partial charge in [-0.3, -0.25) is 9.69 Å². The zero-order valence-electron chi connectivity index (χ0n) is 14.7. The molecule has 0 bridgehead atoms. The zero-order valence-corrected chi connectivity index (χ0v) is 18.6.